The molecule has 0 radical (unpaired) electrons. The number of fused-ring (bicyclic) bond motifs is 1. The Labute approximate surface area is 191 Å². The Bertz CT molecular complexity index is 881. The van der Waals surface area contributed by atoms with Gasteiger partial charge in [-0.1, -0.05) is 37.3 Å². The number of benzene rings is 2. The average Bonchev–Trinajstić information content (AvgIpc) is 2.98. The molecule has 1 atom stereocenters. The summed E-state index contributed by atoms with van der Waals surface area (Å²) in [7, 11) is 1.67. The van der Waals surface area contributed by atoms with Gasteiger partial charge in [0.25, 0.3) is 0 Å². The molecule has 0 spiro atoms. The Hall–Kier alpha value is -2.57. The minimum atomic E-state index is 0.0821. The maximum absolute atomic E-state index is 12.9. The van der Waals surface area contributed by atoms with E-state index in [9.17, 15) is 4.79 Å². The van der Waals surface area contributed by atoms with Crippen molar-refractivity contribution in [3.63, 3.8) is 0 Å². The van der Waals surface area contributed by atoms with Crippen LogP contribution in [0, 0.1) is 0 Å². The van der Waals surface area contributed by atoms with Crippen LogP contribution in [0.3, 0.4) is 0 Å². The second-order valence-corrected chi connectivity index (χ2v) is 8.89. The van der Waals surface area contributed by atoms with Crippen LogP contribution in [0.25, 0.3) is 0 Å². The highest BCUT2D eigenvalue weighted by molar-refractivity contribution is 5.78. The molecule has 0 aliphatic carbocycles. The van der Waals surface area contributed by atoms with Crippen molar-refractivity contribution in [2.24, 2.45) is 0 Å². The second kappa shape index (κ2) is 10.8. The normalized spacial score (nSPS) is 20.1. The SMILES string of the molecule is CC[C@H]1CN(CC(=O)NC2CCN(Cc3ccccc3)CC2)Cc2cc(OC)ccc2O1. The van der Waals surface area contributed by atoms with E-state index in [1.54, 1.807) is 7.11 Å². The van der Waals surface area contributed by atoms with Gasteiger partial charge in [-0.2, -0.15) is 0 Å². The summed E-state index contributed by atoms with van der Waals surface area (Å²) in [6.45, 7) is 6.96. The molecule has 2 heterocycles. The Balaban J connectivity index is 1.28. The molecule has 6 heteroatoms. The van der Waals surface area contributed by atoms with Gasteiger partial charge in [0.1, 0.15) is 17.6 Å². The molecule has 0 aromatic heterocycles. The zero-order valence-corrected chi connectivity index (χ0v) is 19.3. The number of nitrogens with zero attached hydrogens (tertiary/aromatic N) is 2. The predicted molar refractivity (Wildman–Crippen MR) is 126 cm³/mol. The highest BCUT2D eigenvalue weighted by Gasteiger charge is 2.26. The van der Waals surface area contributed by atoms with Gasteiger partial charge in [0, 0.05) is 44.3 Å². The van der Waals surface area contributed by atoms with E-state index in [4.69, 9.17) is 9.47 Å². The van der Waals surface area contributed by atoms with E-state index in [1.165, 1.54) is 5.56 Å². The van der Waals surface area contributed by atoms with Crippen LogP contribution in [0.4, 0.5) is 0 Å². The lowest BCUT2D eigenvalue weighted by Gasteiger charge is -2.33. The Morgan fingerprint density at radius 1 is 1.12 bits per heavy atom. The van der Waals surface area contributed by atoms with E-state index in [0.29, 0.717) is 13.1 Å². The first kappa shape index (κ1) is 22.6. The highest BCUT2D eigenvalue weighted by atomic mass is 16.5. The summed E-state index contributed by atoms with van der Waals surface area (Å²) in [5.74, 6) is 1.81. The highest BCUT2D eigenvalue weighted by Crippen LogP contribution is 2.29. The van der Waals surface area contributed by atoms with Crippen LogP contribution in [0.15, 0.2) is 48.5 Å². The molecule has 1 N–H and O–H groups in total. The van der Waals surface area contributed by atoms with Gasteiger partial charge in [-0.3, -0.25) is 14.6 Å². The van der Waals surface area contributed by atoms with Gasteiger partial charge in [0.15, 0.2) is 0 Å². The zero-order chi connectivity index (χ0) is 22.3. The summed E-state index contributed by atoms with van der Waals surface area (Å²) in [6.07, 6.45) is 2.99. The number of carbonyl (C=O) groups excluding carboxylic acids is 1. The fourth-order valence-electron chi connectivity index (χ4n) is 4.62. The molecule has 2 aromatic rings. The van der Waals surface area contributed by atoms with E-state index in [-0.39, 0.29) is 18.1 Å². The Morgan fingerprint density at radius 3 is 2.62 bits per heavy atom. The van der Waals surface area contributed by atoms with Crippen LogP contribution in [0.2, 0.25) is 0 Å². The first-order valence-electron chi connectivity index (χ1n) is 11.7. The molecule has 2 aliphatic rings. The van der Waals surface area contributed by atoms with Gasteiger partial charge in [0.05, 0.1) is 13.7 Å². The van der Waals surface area contributed by atoms with E-state index >= 15 is 0 Å². The van der Waals surface area contributed by atoms with Crippen molar-refractivity contribution in [3.05, 3.63) is 59.7 Å². The topological polar surface area (TPSA) is 54.0 Å². The molecule has 2 aromatic carbocycles. The van der Waals surface area contributed by atoms with Crippen LogP contribution in [-0.2, 0) is 17.9 Å². The molecule has 4 rings (SSSR count). The van der Waals surface area contributed by atoms with E-state index in [0.717, 1.165) is 62.5 Å². The number of rotatable bonds is 7. The molecule has 0 unspecified atom stereocenters. The molecule has 1 fully saturated rings. The molecule has 1 amide bonds. The molecular weight excluding hydrogens is 402 g/mol. The van der Waals surface area contributed by atoms with Crippen molar-refractivity contribution in [3.8, 4) is 11.5 Å². The summed E-state index contributed by atoms with van der Waals surface area (Å²) in [4.78, 5) is 17.5. The largest absolute Gasteiger partial charge is 0.497 e. The molecule has 0 saturated carbocycles. The smallest absolute Gasteiger partial charge is 0.234 e. The number of carbonyl (C=O) groups is 1. The number of nitrogens with one attached hydrogen (secondary N) is 1. The van der Waals surface area contributed by atoms with Crippen LogP contribution in [-0.4, -0.2) is 61.1 Å². The molecule has 2 aliphatic heterocycles. The minimum Gasteiger partial charge on any atom is -0.497 e. The lowest BCUT2D eigenvalue weighted by atomic mass is 10.0. The summed E-state index contributed by atoms with van der Waals surface area (Å²) in [5.41, 5.74) is 2.42. The summed E-state index contributed by atoms with van der Waals surface area (Å²) < 4.78 is 11.6. The number of methoxy groups -OCH3 is 1. The van der Waals surface area contributed by atoms with Gasteiger partial charge in [-0.15, -0.1) is 0 Å². The van der Waals surface area contributed by atoms with Gasteiger partial charge >= 0.3 is 0 Å². The fraction of sp³-hybridized carbons (Fsp3) is 0.500. The second-order valence-electron chi connectivity index (χ2n) is 8.89. The van der Waals surface area contributed by atoms with Crippen LogP contribution in [0.1, 0.15) is 37.3 Å². The third-order valence-electron chi connectivity index (χ3n) is 6.44. The number of ether oxygens (including phenoxy) is 2. The lowest BCUT2D eigenvalue weighted by Crippen LogP contribution is -2.47. The molecule has 0 bridgehead atoms. The molecular formula is C26H35N3O3. The first-order valence-corrected chi connectivity index (χ1v) is 11.7. The summed E-state index contributed by atoms with van der Waals surface area (Å²) in [6, 6.07) is 16.8. The lowest BCUT2D eigenvalue weighted by molar-refractivity contribution is -0.123. The first-order chi connectivity index (χ1) is 15.6. The van der Waals surface area contributed by atoms with Crippen molar-refractivity contribution in [1.29, 1.82) is 0 Å². The molecule has 6 nitrogen and oxygen atoms in total. The van der Waals surface area contributed by atoms with E-state index in [1.807, 2.05) is 18.2 Å². The quantitative estimate of drug-likeness (QED) is 0.719. The predicted octanol–water partition coefficient (Wildman–Crippen LogP) is 3.45. The number of hydrogen-bond acceptors (Lipinski definition) is 5. The van der Waals surface area contributed by atoms with Crippen LogP contribution >= 0.6 is 0 Å². The standard InChI is InChI=1S/C26H35N3O3/c1-3-23-18-29(17-21-15-24(31-2)9-10-25(21)32-23)19-26(30)27-22-11-13-28(14-12-22)16-20-7-5-4-6-8-20/h4-10,15,22-23H,3,11-14,16-19H2,1-2H3,(H,27,30)/t23-/m0/s1. The fourth-order valence-corrected chi connectivity index (χ4v) is 4.62. The Kier molecular flexibility index (Phi) is 7.66. The van der Waals surface area contributed by atoms with E-state index < -0.39 is 0 Å². The van der Waals surface area contributed by atoms with Crippen LogP contribution < -0.4 is 14.8 Å². The number of amides is 1. The third-order valence-corrected chi connectivity index (χ3v) is 6.44. The van der Waals surface area contributed by atoms with Crippen molar-refractivity contribution in [2.75, 3.05) is 33.3 Å². The maximum Gasteiger partial charge on any atom is 0.234 e. The molecule has 172 valence electrons. The minimum absolute atomic E-state index is 0.0821. The molecule has 1 saturated heterocycles. The third kappa shape index (κ3) is 6.02. The average molecular weight is 438 g/mol. The van der Waals surface area contributed by atoms with Gasteiger partial charge < -0.3 is 14.8 Å². The van der Waals surface area contributed by atoms with Crippen molar-refractivity contribution in [2.45, 2.75) is 51.4 Å². The Morgan fingerprint density at radius 2 is 1.91 bits per heavy atom. The van der Waals surface area contributed by atoms with Crippen molar-refractivity contribution in [1.82, 2.24) is 15.1 Å². The molecule has 32 heavy (non-hydrogen) atoms. The van der Waals surface area contributed by atoms with Gasteiger partial charge in [-0.05, 0) is 43.0 Å². The van der Waals surface area contributed by atoms with Crippen molar-refractivity contribution < 1.29 is 14.3 Å². The monoisotopic (exact) mass is 437 g/mol. The van der Waals surface area contributed by atoms with Crippen molar-refractivity contribution >= 4 is 5.91 Å². The number of piperidine rings is 1. The number of hydrogen-bond donors (Lipinski definition) is 1. The van der Waals surface area contributed by atoms with Crippen LogP contribution in [0.5, 0.6) is 11.5 Å². The van der Waals surface area contributed by atoms with E-state index in [2.05, 4.69) is 52.4 Å². The van der Waals surface area contributed by atoms with Gasteiger partial charge in [-0.25, -0.2) is 0 Å². The van der Waals surface area contributed by atoms with Gasteiger partial charge in [0.2, 0.25) is 5.91 Å². The zero-order valence-electron chi connectivity index (χ0n) is 19.3. The summed E-state index contributed by atoms with van der Waals surface area (Å²) in [5, 5.41) is 3.28. The summed E-state index contributed by atoms with van der Waals surface area (Å²) >= 11 is 0. The number of likely N-dealkylation sites (tertiary alicyclic amines) is 1. The maximum atomic E-state index is 12.9.